The third-order valence-corrected chi connectivity index (χ3v) is 6.20. The molecule has 1 aromatic heterocycles. The van der Waals surface area contributed by atoms with Crippen LogP contribution in [0.15, 0.2) is 77.4 Å². The van der Waals surface area contributed by atoms with E-state index in [-0.39, 0.29) is 17.3 Å². The van der Waals surface area contributed by atoms with Crippen molar-refractivity contribution in [1.82, 2.24) is 15.2 Å². The van der Waals surface area contributed by atoms with Crippen molar-refractivity contribution in [2.24, 2.45) is 10.7 Å². The van der Waals surface area contributed by atoms with Crippen LogP contribution in [0.3, 0.4) is 0 Å². The average Bonchev–Trinajstić information content (AvgIpc) is 3.37. The standard InChI is InChI=1S/C27H22N6O5/c1-32-26(35)22(31-27(32)36)12-15-4-8-18(9-5-15)29-24(17-6-2-16(14-28)3-7-17)23-20-13-19(33(37)38)10-11-21(20)30-25(23)34/h2-13,30,34H,14,28H2,1H3,(H,31,36)/b22-12-,29-24?. The minimum absolute atomic E-state index is 0.118. The van der Waals surface area contributed by atoms with E-state index in [4.69, 9.17) is 10.7 Å². The maximum Gasteiger partial charge on any atom is 0.328 e. The summed E-state index contributed by atoms with van der Waals surface area (Å²) in [5.41, 5.74) is 9.79. The van der Waals surface area contributed by atoms with E-state index in [0.717, 1.165) is 10.5 Å². The Kier molecular flexibility index (Phi) is 6.19. The lowest BCUT2D eigenvalue weighted by atomic mass is 9.99. The molecule has 0 unspecified atom stereocenters. The molecule has 1 saturated heterocycles. The SMILES string of the molecule is CN1C(=O)N/C(=C\c2ccc(N=C(c3ccc(CN)cc3)c3c(O)[nH]c4ccc([N+](=O)[O-])cc34)cc2)C1=O. The molecule has 5 rings (SSSR count). The van der Waals surface area contributed by atoms with Gasteiger partial charge in [0.1, 0.15) is 5.70 Å². The largest absolute Gasteiger partial charge is 0.494 e. The summed E-state index contributed by atoms with van der Waals surface area (Å²) in [6.45, 7) is 0.354. The van der Waals surface area contributed by atoms with Crippen molar-refractivity contribution in [3.63, 3.8) is 0 Å². The maximum atomic E-state index is 12.1. The molecule has 0 bridgehead atoms. The Morgan fingerprint density at radius 3 is 2.42 bits per heavy atom. The first-order valence-electron chi connectivity index (χ1n) is 11.5. The lowest BCUT2D eigenvalue weighted by Gasteiger charge is -2.09. The topological polar surface area (TPSA) is 167 Å². The van der Waals surface area contributed by atoms with Gasteiger partial charge in [-0.2, -0.15) is 0 Å². The molecule has 1 aliphatic heterocycles. The van der Waals surface area contributed by atoms with Crippen LogP contribution in [0, 0.1) is 10.1 Å². The van der Waals surface area contributed by atoms with Gasteiger partial charge in [-0.1, -0.05) is 36.4 Å². The van der Waals surface area contributed by atoms with Crippen molar-refractivity contribution in [3.8, 4) is 5.88 Å². The number of fused-ring (bicyclic) bond motifs is 1. The molecule has 4 aromatic rings. The highest BCUT2D eigenvalue weighted by Crippen LogP contribution is 2.34. The highest BCUT2D eigenvalue weighted by atomic mass is 16.6. The van der Waals surface area contributed by atoms with Crippen LogP contribution in [-0.2, 0) is 11.3 Å². The van der Waals surface area contributed by atoms with Crippen molar-refractivity contribution < 1.29 is 19.6 Å². The molecule has 190 valence electrons. The number of urea groups is 1. The first-order chi connectivity index (χ1) is 18.2. The molecule has 1 aliphatic rings. The molecule has 3 amide bonds. The van der Waals surface area contributed by atoms with E-state index < -0.39 is 16.9 Å². The van der Waals surface area contributed by atoms with Crippen LogP contribution in [0.2, 0.25) is 0 Å². The Hall–Kier alpha value is -5.29. The molecule has 38 heavy (non-hydrogen) atoms. The number of hydrogen-bond acceptors (Lipinski definition) is 7. The van der Waals surface area contributed by atoms with E-state index in [1.165, 1.54) is 25.2 Å². The van der Waals surface area contributed by atoms with Gasteiger partial charge in [-0.25, -0.2) is 9.79 Å². The molecule has 0 aliphatic carbocycles. The second-order valence-corrected chi connectivity index (χ2v) is 8.64. The predicted octanol–water partition coefficient (Wildman–Crippen LogP) is 3.93. The van der Waals surface area contributed by atoms with Gasteiger partial charge in [0.05, 0.1) is 21.9 Å². The summed E-state index contributed by atoms with van der Waals surface area (Å²) in [5, 5.41) is 25.2. The smallest absolute Gasteiger partial charge is 0.328 e. The number of hydrogen-bond donors (Lipinski definition) is 4. The summed E-state index contributed by atoms with van der Waals surface area (Å²) in [6.07, 6.45) is 1.56. The summed E-state index contributed by atoms with van der Waals surface area (Å²) in [7, 11) is 1.40. The molecule has 11 heteroatoms. The Bertz CT molecular complexity index is 1650. The highest BCUT2D eigenvalue weighted by Gasteiger charge is 2.29. The number of aromatic nitrogens is 1. The minimum Gasteiger partial charge on any atom is -0.494 e. The van der Waals surface area contributed by atoms with Gasteiger partial charge in [0.2, 0.25) is 0 Å². The van der Waals surface area contributed by atoms with Crippen LogP contribution in [-0.4, -0.2) is 44.6 Å². The molecule has 2 heterocycles. The number of likely N-dealkylation sites (N-methyl/N-ethyl adjacent to an activating group) is 1. The van der Waals surface area contributed by atoms with Crippen molar-refractivity contribution in [1.29, 1.82) is 0 Å². The Balaban J connectivity index is 1.61. The number of benzene rings is 3. The number of H-pyrrole nitrogens is 1. The number of aromatic amines is 1. The molecule has 5 N–H and O–H groups in total. The van der Waals surface area contributed by atoms with Gasteiger partial charge in [-0.15, -0.1) is 0 Å². The van der Waals surface area contributed by atoms with Crippen LogP contribution in [0.5, 0.6) is 5.88 Å². The zero-order valence-electron chi connectivity index (χ0n) is 20.1. The van der Waals surface area contributed by atoms with E-state index in [2.05, 4.69) is 10.3 Å². The Morgan fingerprint density at radius 1 is 1.11 bits per heavy atom. The number of carbonyl (C=O) groups is 2. The number of nitro groups is 1. The molecule has 0 radical (unpaired) electrons. The number of rotatable bonds is 6. The van der Waals surface area contributed by atoms with Crippen LogP contribution in [0.25, 0.3) is 17.0 Å². The predicted molar refractivity (Wildman–Crippen MR) is 142 cm³/mol. The zero-order chi connectivity index (χ0) is 27.0. The van der Waals surface area contributed by atoms with Gasteiger partial charge in [0, 0.05) is 42.2 Å². The zero-order valence-corrected chi connectivity index (χ0v) is 20.1. The number of nitrogens with two attached hydrogens (primary N) is 1. The van der Waals surface area contributed by atoms with Gasteiger partial charge in [-0.05, 0) is 35.4 Å². The quantitative estimate of drug-likeness (QED) is 0.101. The number of nitrogens with one attached hydrogen (secondary N) is 2. The van der Waals surface area contributed by atoms with Crippen LogP contribution in [0.4, 0.5) is 16.2 Å². The van der Waals surface area contributed by atoms with Crippen molar-refractivity contribution in [2.75, 3.05) is 7.05 Å². The van der Waals surface area contributed by atoms with Crippen molar-refractivity contribution in [3.05, 3.63) is 105 Å². The molecule has 0 spiro atoms. The van der Waals surface area contributed by atoms with E-state index >= 15 is 0 Å². The third-order valence-electron chi connectivity index (χ3n) is 6.20. The number of imide groups is 1. The number of non-ortho nitro benzene ring substituents is 1. The Morgan fingerprint density at radius 2 is 1.82 bits per heavy atom. The summed E-state index contributed by atoms with van der Waals surface area (Å²) >= 11 is 0. The van der Waals surface area contributed by atoms with E-state index in [1.54, 1.807) is 30.3 Å². The number of nitrogens with zero attached hydrogens (tertiary/aromatic N) is 3. The maximum absolute atomic E-state index is 12.1. The number of amides is 3. The normalized spacial score (nSPS) is 14.9. The van der Waals surface area contributed by atoms with Gasteiger partial charge < -0.3 is 21.1 Å². The molecular weight excluding hydrogens is 488 g/mol. The molecule has 3 aromatic carbocycles. The lowest BCUT2D eigenvalue weighted by molar-refractivity contribution is -0.384. The molecule has 0 saturated carbocycles. The van der Waals surface area contributed by atoms with Gasteiger partial charge >= 0.3 is 6.03 Å². The Labute approximate surface area is 216 Å². The second kappa shape index (κ2) is 9.64. The van der Waals surface area contributed by atoms with Crippen LogP contribution >= 0.6 is 0 Å². The monoisotopic (exact) mass is 510 g/mol. The van der Waals surface area contributed by atoms with Crippen LogP contribution in [0.1, 0.15) is 22.3 Å². The van der Waals surface area contributed by atoms with E-state index in [9.17, 15) is 24.8 Å². The summed E-state index contributed by atoms with van der Waals surface area (Å²) in [4.78, 5) is 43.4. The lowest BCUT2D eigenvalue weighted by Crippen LogP contribution is -2.25. The number of aliphatic imine (C=N–C) groups is 1. The molecule has 11 nitrogen and oxygen atoms in total. The van der Waals surface area contributed by atoms with Crippen molar-refractivity contribution in [2.45, 2.75) is 6.54 Å². The average molecular weight is 511 g/mol. The fourth-order valence-corrected chi connectivity index (χ4v) is 4.15. The first kappa shape index (κ1) is 24.4. The number of nitro benzene ring substituents is 1. The number of aromatic hydroxyl groups is 1. The highest BCUT2D eigenvalue weighted by molar-refractivity contribution is 6.22. The second-order valence-electron chi connectivity index (χ2n) is 8.64. The molecule has 0 atom stereocenters. The van der Waals surface area contributed by atoms with Gasteiger partial charge in [-0.3, -0.25) is 19.8 Å². The summed E-state index contributed by atoms with van der Waals surface area (Å²) in [6, 6.07) is 18.0. The van der Waals surface area contributed by atoms with Gasteiger partial charge in [0.25, 0.3) is 11.6 Å². The van der Waals surface area contributed by atoms with E-state index in [0.29, 0.717) is 45.5 Å². The third kappa shape index (κ3) is 4.49. The fraction of sp³-hybridized carbons (Fsp3) is 0.0741. The summed E-state index contributed by atoms with van der Waals surface area (Å²) in [5.74, 6) is -0.604. The van der Waals surface area contributed by atoms with Crippen LogP contribution < -0.4 is 11.1 Å². The summed E-state index contributed by atoms with van der Waals surface area (Å²) < 4.78 is 0. The first-order valence-corrected chi connectivity index (χ1v) is 11.5. The molecule has 1 fully saturated rings. The molecular formula is C27H22N6O5. The van der Waals surface area contributed by atoms with Gasteiger partial charge in [0.15, 0.2) is 5.88 Å². The van der Waals surface area contributed by atoms with E-state index in [1.807, 2.05) is 24.3 Å². The van der Waals surface area contributed by atoms with Crippen molar-refractivity contribution >= 4 is 46.0 Å². The fourth-order valence-electron chi connectivity index (χ4n) is 4.15. The number of carbonyl (C=O) groups excluding carboxylic acids is 2. The minimum atomic E-state index is -0.497.